The van der Waals surface area contributed by atoms with Crippen LogP contribution in [0.3, 0.4) is 0 Å². The molecule has 0 aromatic carbocycles. The number of ether oxygens (including phenoxy) is 6. The van der Waals surface area contributed by atoms with Gasteiger partial charge in [0.15, 0.2) is 0 Å². The Labute approximate surface area is 180 Å². The molecule has 0 unspecified atom stereocenters. The van der Waals surface area contributed by atoms with E-state index in [4.69, 9.17) is 28.4 Å². The third-order valence-corrected chi connectivity index (χ3v) is 3.29. The summed E-state index contributed by atoms with van der Waals surface area (Å²) in [4.78, 5) is 22.4. The van der Waals surface area contributed by atoms with Crippen LogP contribution < -0.4 is 10.6 Å². The molecule has 10 heteroatoms. The molecule has 0 bridgehead atoms. The van der Waals surface area contributed by atoms with Crippen molar-refractivity contribution in [1.29, 1.82) is 0 Å². The Kier molecular flexibility index (Phi) is 18.6. The Morgan fingerprint density at radius 3 is 1.37 bits per heavy atom. The molecule has 10 nitrogen and oxygen atoms in total. The van der Waals surface area contributed by atoms with E-state index >= 15 is 0 Å². The first-order valence-corrected chi connectivity index (χ1v) is 10.5. The summed E-state index contributed by atoms with van der Waals surface area (Å²) in [5, 5.41) is 5.35. The van der Waals surface area contributed by atoms with Crippen LogP contribution in [0.15, 0.2) is 0 Å². The molecule has 0 aromatic heterocycles. The maximum Gasteiger partial charge on any atom is 0.407 e. The standard InChI is InChI=1S/C20H40N2O8/c1-5-18(23)21-6-8-25-10-12-27-14-16-29-17-15-28-13-11-26-9-7-22-19(24)30-20(2,3)4/h5-17H2,1-4H3,(H,21,23)(H,22,24). The van der Waals surface area contributed by atoms with E-state index in [2.05, 4.69) is 10.6 Å². The molecule has 0 spiro atoms. The number of hydrogen-bond donors (Lipinski definition) is 2. The van der Waals surface area contributed by atoms with Crippen molar-refractivity contribution in [2.45, 2.75) is 39.7 Å². The molecule has 0 saturated carbocycles. The lowest BCUT2D eigenvalue weighted by Crippen LogP contribution is -2.34. The summed E-state index contributed by atoms with van der Waals surface area (Å²) < 4.78 is 31.9. The second kappa shape index (κ2) is 19.5. The monoisotopic (exact) mass is 436 g/mol. The largest absolute Gasteiger partial charge is 0.444 e. The average Bonchev–Trinajstić information content (AvgIpc) is 2.68. The fourth-order valence-electron chi connectivity index (χ4n) is 1.91. The molecule has 0 rings (SSSR count). The van der Waals surface area contributed by atoms with Crippen molar-refractivity contribution in [1.82, 2.24) is 10.6 Å². The molecule has 0 aromatic rings. The minimum absolute atomic E-state index is 0.0242. The molecule has 0 fully saturated rings. The van der Waals surface area contributed by atoms with Gasteiger partial charge >= 0.3 is 6.09 Å². The van der Waals surface area contributed by atoms with Gasteiger partial charge < -0.3 is 39.1 Å². The van der Waals surface area contributed by atoms with Gasteiger partial charge in [-0.25, -0.2) is 4.79 Å². The van der Waals surface area contributed by atoms with E-state index in [9.17, 15) is 9.59 Å². The first-order chi connectivity index (χ1) is 14.3. The molecule has 178 valence electrons. The van der Waals surface area contributed by atoms with Crippen LogP contribution in [0.25, 0.3) is 0 Å². The number of hydrogen-bond acceptors (Lipinski definition) is 8. The first-order valence-electron chi connectivity index (χ1n) is 10.5. The van der Waals surface area contributed by atoms with Gasteiger partial charge in [-0.15, -0.1) is 0 Å². The zero-order valence-electron chi connectivity index (χ0n) is 19.0. The molecule has 0 radical (unpaired) electrons. The molecule has 0 saturated heterocycles. The maximum atomic E-state index is 11.4. The van der Waals surface area contributed by atoms with Gasteiger partial charge in [0.05, 0.1) is 66.1 Å². The van der Waals surface area contributed by atoms with Gasteiger partial charge in [0.25, 0.3) is 0 Å². The molecule has 2 amide bonds. The summed E-state index contributed by atoms with van der Waals surface area (Å²) in [5.41, 5.74) is -0.503. The van der Waals surface area contributed by atoms with Crippen molar-refractivity contribution in [2.24, 2.45) is 0 Å². The van der Waals surface area contributed by atoms with E-state index in [0.29, 0.717) is 85.6 Å². The zero-order valence-corrected chi connectivity index (χ0v) is 19.0. The molecule has 0 aliphatic heterocycles. The normalized spacial score (nSPS) is 11.3. The Balaban J connectivity index is 3.15. The molecule has 2 N–H and O–H groups in total. The van der Waals surface area contributed by atoms with Crippen molar-refractivity contribution in [2.75, 3.05) is 79.2 Å². The van der Waals surface area contributed by atoms with Crippen molar-refractivity contribution in [3.63, 3.8) is 0 Å². The first kappa shape index (κ1) is 28.5. The minimum Gasteiger partial charge on any atom is -0.444 e. The van der Waals surface area contributed by atoms with Crippen LogP contribution in [-0.2, 0) is 33.2 Å². The van der Waals surface area contributed by atoms with E-state index in [0.717, 1.165) is 0 Å². The number of carbonyl (C=O) groups excluding carboxylic acids is 2. The molecule has 0 heterocycles. The van der Waals surface area contributed by atoms with E-state index in [-0.39, 0.29) is 5.91 Å². The summed E-state index contributed by atoms with van der Waals surface area (Å²) >= 11 is 0. The zero-order chi connectivity index (χ0) is 22.5. The van der Waals surface area contributed by atoms with Gasteiger partial charge in [0.1, 0.15) is 5.60 Å². The highest BCUT2D eigenvalue weighted by Crippen LogP contribution is 2.05. The predicted octanol–water partition coefficient (Wildman–Crippen LogP) is 1.12. The number of rotatable bonds is 19. The number of nitrogens with one attached hydrogen (secondary N) is 2. The van der Waals surface area contributed by atoms with Gasteiger partial charge in [-0.05, 0) is 20.8 Å². The SMILES string of the molecule is CCC(=O)NCCOCCOCCOCCOCCOCCNC(=O)OC(C)(C)C. The second-order valence-electron chi connectivity index (χ2n) is 7.19. The van der Waals surface area contributed by atoms with Gasteiger partial charge in [-0.3, -0.25) is 4.79 Å². The quantitative estimate of drug-likeness (QED) is 0.290. The highest BCUT2D eigenvalue weighted by molar-refractivity contribution is 5.75. The Morgan fingerprint density at radius 2 is 1.00 bits per heavy atom. The number of alkyl carbamates (subject to hydrolysis) is 1. The molecule has 0 atom stereocenters. The predicted molar refractivity (Wildman–Crippen MR) is 112 cm³/mol. The highest BCUT2D eigenvalue weighted by Gasteiger charge is 2.15. The van der Waals surface area contributed by atoms with Crippen LogP contribution in [0.4, 0.5) is 4.79 Å². The van der Waals surface area contributed by atoms with E-state index < -0.39 is 11.7 Å². The lowest BCUT2D eigenvalue weighted by Gasteiger charge is -2.19. The third-order valence-electron chi connectivity index (χ3n) is 3.29. The molecule has 30 heavy (non-hydrogen) atoms. The second-order valence-corrected chi connectivity index (χ2v) is 7.19. The molecule has 0 aliphatic carbocycles. The van der Waals surface area contributed by atoms with Crippen molar-refractivity contribution in [3.05, 3.63) is 0 Å². The average molecular weight is 437 g/mol. The summed E-state index contributed by atoms with van der Waals surface area (Å²) in [6, 6.07) is 0. The summed E-state index contributed by atoms with van der Waals surface area (Å²) in [6.07, 6.45) is 0.0326. The van der Waals surface area contributed by atoms with Gasteiger partial charge in [-0.2, -0.15) is 0 Å². The fraction of sp³-hybridized carbons (Fsp3) is 0.900. The summed E-state index contributed by atoms with van der Waals surface area (Å²) in [5.74, 6) is 0.0242. The van der Waals surface area contributed by atoms with Crippen molar-refractivity contribution in [3.8, 4) is 0 Å². The summed E-state index contributed by atoms with van der Waals surface area (Å²) in [6.45, 7) is 12.8. The molecular formula is C20H40N2O8. The Bertz CT molecular complexity index is 430. The van der Waals surface area contributed by atoms with Crippen LogP contribution in [0.2, 0.25) is 0 Å². The fourth-order valence-corrected chi connectivity index (χ4v) is 1.91. The van der Waals surface area contributed by atoms with Crippen LogP contribution in [0.1, 0.15) is 34.1 Å². The van der Waals surface area contributed by atoms with E-state index in [1.807, 2.05) is 27.7 Å². The summed E-state index contributed by atoms with van der Waals surface area (Å²) in [7, 11) is 0. The van der Waals surface area contributed by atoms with Crippen LogP contribution in [0, 0.1) is 0 Å². The molecule has 0 aliphatic rings. The smallest absolute Gasteiger partial charge is 0.407 e. The van der Waals surface area contributed by atoms with Crippen LogP contribution >= 0.6 is 0 Å². The minimum atomic E-state index is -0.503. The van der Waals surface area contributed by atoms with Crippen LogP contribution in [0.5, 0.6) is 0 Å². The van der Waals surface area contributed by atoms with Crippen molar-refractivity contribution >= 4 is 12.0 Å². The Hall–Kier alpha value is -1.46. The Morgan fingerprint density at radius 1 is 0.633 bits per heavy atom. The lowest BCUT2D eigenvalue weighted by atomic mass is 10.2. The van der Waals surface area contributed by atoms with Gasteiger partial charge in [0, 0.05) is 19.5 Å². The molecular weight excluding hydrogens is 396 g/mol. The highest BCUT2D eigenvalue weighted by atomic mass is 16.6. The van der Waals surface area contributed by atoms with Crippen molar-refractivity contribution < 1.29 is 38.0 Å². The topological polar surface area (TPSA) is 114 Å². The van der Waals surface area contributed by atoms with Crippen LogP contribution in [-0.4, -0.2) is 96.8 Å². The van der Waals surface area contributed by atoms with Gasteiger partial charge in [0.2, 0.25) is 5.91 Å². The van der Waals surface area contributed by atoms with Gasteiger partial charge in [-0.1, -0.05) is 6.92 Å². The van der Waals surface area contributed by atoms with E-state index in [1.54, 1.807) is 0 Å². The maximum absolute atomic E-state index is 11.4. The third kappa shape index (κ3) is 22.8. The number of amides is 2. The van der Waals surface area contributed by atoms with E-state index in [1.165, 1.54) is 0 Å². The number of carbonyl (C=O) groups is 2. The lowest BCUT2D eigenvalue weighted by molar-refractivity contribution is -0.121.